The number of ether oxygens (including phenoxy) is 1. The standard InChI is InChI=1S/C26H36N3O5/c1-22(2)10-8-14-16(34-22)7-6-15-18(14)29(33)19-23(3,4)17-12-24-9-5-11-28(24)21(31)25(17,27-20(24)30)13-26(15,19)32/h8,10,14-19,32H,5-7,9,11-13H2,1-4H3,(H,27,30)/q-1/t14?,15?,16?,17-,18?,19?,24?,25?,26+/m1/s1. The molecule has 186 valence electrons. The zero-order valence-corrected chi connectivity index (χ0v) is 20.5. The van der Waals surface area contributed by atoms with Crippen LogP contribution in [0.3, 0.4) is 0 Å². The molecule has 0 radical (unpaired) electrons. The number of rotatable bonds is 0. The number of piperazine rings is 1. The average Bonchev–Trinajstić information content (AvgIpc) is 3.27. The van der Waals surface area contributed by atoms with E-state index in [1.807, 2.05) is 33.8 Å². The first-order valence-electron chi connectivity index (χ1n) is 13.1. The Balaban J connectivity index is 1.35. The lowest BCUT2D eigenvalue weighted by molar-refractivity contribution is -0.214. The van der Waals surface area contributed by atoms with Crippen LogP contribution in [0.5, 0.6) is 0 Å². The first kappa shape index (κ1) is 21.8. The second-order valence-electron chi connectivity index (χ2n) is 13.4. The zero-order chi connectivity index (χ0) is 24.1. The van der Waals surface area contributed by atoms with Crippen molar-refractivity contribution in [2.45, 2.75) is 107 Å². The van der Waals surface area contributed by atoms with Crippen LogP contribution in [0, 0.1) is 28.4 Å². The molecular weight excluding hydrogens is 434 g/mol. The van der Waals surface area contributed by atoms with E-state index in [1.165, 1.54) is 5.06 Å². The Morgan fingerprint density at radius 3 is 2.74 bits per heavy atom. The van der Waals surface area contributed by atoms with Crippen molar-refractivity contribution in [1.82, 2.24) is 15.3 Å². The number of hydroxylamine groups is 2. The van der Waals surface area contributed by atoms with Gasteiger partial charge in [-0.3, -0.25) is 9.59 Å². The minimum absolute atomic E-state index is 0.0435. The summed E-state index contributed by atoms with van der Waals surface area (Å²) in [6.07, 6.45) is 7.77. The Morgan fingerprint density at radius 1 is 1.21 bits per heavy atom. The van der Waals surface area contributed by atoms with Gasteiger partial charge in [-0.2, -0.15) is 0 Å². The largest absolute Gasteiger partial charge is 0.785 e. The summed E-state index contributed by atoms with van der Waals surface area (Å²) in [4.78, 5) is 29.2. The van der Waals surface area contributed by atoms with Crippen molar-refractivity contribution in [3.05, 3.63) is 17.4 Å². The molecule has 8 nitrogen and oxygen atoms in total. The van der Waals surface area contributed by atoms with E-state index in [2.05, 4.69) is 11.4 Å². The third kappa shape index (κ3) is 2.22. The maximum Gasteiger partial charge on any atom is 0.249 e. The summed E-state index contributed by atoms with van der Waals surface area (Å²) in [5.41, 5.74) is -4.28. The van der Waals surface area contributed by atoms with Gasteiger partial charge < -0.3 is 30.3 Å². The maximum atomic E-state index is 14.1. The highest BCUT2D eigenvalue weighted by Crippen LogP contribution is 2.67. The number of carbonyl (C=O) groups is 2. The van der Waals surface area contributed by atoms with Crippen LogP contribution >= 0.6 is 0 Å². The number of hydrogen-bond acceptors (Lipinski definition) is 6. The summed E-state index contributed by atoms with van der Waals surface area (Å²) in [6, 6.07) is -1.01. The molecule has 8 heteroatoms. The number of nitrogens with one attached hydrogen (secondary N) is 1. The van der Waals surface area contributed by atoms with Gasteiger partial charge in [0.1, 0.15) is 11.1 Å². The summed E-state index contributed by atoms with van der Waals surface area (Å²) >= 11 is 0. The molecule has 2 amide bonds. The molecule has 7 unspecified atom stereocenters. The lowest BCUT2D eigenvalue weighted by Crippen LogP contribution is -2.87. The van der Waals surface area contributed by atoms with Crippen LogP contribution in [0.25, 0.3) is 0 Å². The molecular formula is C26H36N3O5-. The molecule has 8 aliphatic rings. The molecule has 2 aliphatic carbocycles. The molecule has 9 atom stereocenters. The van der Waals surface area contributed by atoms with Crippen molar-refractivity contribution < 1.29 is 19.4 Å². The molecule has 2 spiro atoms. The molecule has 6 heterocycles. The van der Waals surface area contributed by atoms with E-state index in [1.54, 1.807) is 4.90 Å². The monoisotopic (exact) mass is 470 g/mol. The van der Waals surface area contributed by atoms with Crippen LogP contribution < -0.4 is 5.32 Å². The lowest BCUT2D eigenvalue weighted by Gasteiger charge is -2.69. The molecule has 0 aromatic rings. The molecule has 2 bridgehead atoms. The number of nitrogens with zero attached hydrogens (tertiary/aromatic N) is 2. The smallest absolute Gasteiger partial charge is 0.249 e. The van der Waals surface area contributed by atoms with Crippen LogP contribution in [0.4, 0.5) is 0 Å². The third-order valence-electron chi connectivity index (χ3n) is 11.0. The Bertz CT molecular complexity index is 1030. The van der Waals surface area contributed by atoms with Gasteiger partial charge in [0.25, 0.3) is 0 Å². The fourth-order valence-electron chi connectivity index (χ4n) is 9.89. The van der Waals surface area contributed by atoms with E-state index >= 15 is 0 Å². The van der Waals surface area contributed by atoms with Crippen molar-refractivity contribution in [2.24, 2.45) is 23.2 Å². The average molecular weight is 471 g/mol. The lowest BCUT2D eigenvalue weighted by atomic mass is 9.45. The van der Waals surface area contributed by atoms with Crippen molar-refractivity contribution in [2.75, 3.05) is 6.54 Å². The van der Waals surface area contributed by atoms with Gasteiger partial charge in [-0.05, 0) is 51.4 Å². The summed E-state index contributed by atoms with van der Waals surface area (Å²) < 4.78 is 6.34. The highest BCUT2D eigenvalue weighted by molar-refractivity contribution is 6.05. The second kappa shape index (κ2) is 6.07. The number of fused-ring (bicyclic) bond motifs is 6. The van der Waals surface area contributed by atoms with Crippen molar-refractivity contribution in [3.63, 3.8) is 0 Å². The number of aliphatic hydroxyl groups is 1. The van der Waals surface area contributed by atoms with E-state index in [4.69, 9.17) is 4.74 Å². The summed E-state index contributed by atoms with van der Waals surface area (Å²) in [5.74, 6) is -0.649. The summed E-state index contributed by atoms with van der Waals surface area (Å²) in [5, 5.41) is 31.0. The zero-order valence-electron chi connectivity index (χ0n) is 20.5. The van der Waals surface area contributed by atoms with Gasteiger partial charge in [0.2, 0.25) is 11.8 Å². The van der Waals surface area contributed by atoms with Gasteiger partial charge in [0.05, 0.1) is 17.3 Å². The maximum absolute atomic E-state index is 14.1. The Kier molecular flexibility index (Phi) is 3.89. The number of piperidine rings is 2. The molecule has 2 N–H and O–H groups in total. The van der Waals surface area contributed by atoms with E-state index in [0.29, 0.717) is 25.8 Å². The van der Waals surface area contributed by atoms with Gasteiger partial charge in [-0.25, -0.2) is 0 Å². The fourth-order valence-corrected chi connectivity index (χ4v) is 9.89. The Morgan fingerprint density at radius 2 is 1.97 bits per heavy atom. The molecule has 6 aliphatic heterocycles. The first-order chi connectivity index (χ1) is 15.9. The van der Waals surface area contributed by atoms with Crippen molar-refractivity contribution in [1.29, 1.82) is 0 Å². The van der Waals surface area contributed by atoms with Crippen LogP contribution in [0.15, 0.2) is 12.2 Å². The Labute approximate surface area is 200 Å². The van der Waals surface area contributed by atoms with Crippen LogP contribution in [0.2, 0.25) is 0 Å². The minimum Gasteiger partial charge on any atom is -0.785 e. The number of amides is 2. The Hall–Kier alpha value is -1.48. The highest BCUT2D eigenvalue weighted by atomic mass is 16.5. The van der Waals surface area contributed by atoms with Gasteiger partial charge in [0.15, 0.2) is 0 Å². The van der Waals surface area contributed by atoms with Crippen LogP contribution in [0.1, 0.15) is 66.2 Å². The van der Waals surface area contributed by atoms with Crippen molar-refractivity contribution in [3.8, 4) is 0 Å². The molecule has 0 aromatic heterocycles. The normalized spacial score (nSPS) is 54.1. The van der Waals surface area contributed by atoms with Gasteiger partial charge in [-0.15, -0.1) is 0 Å². The number of hydrogen-bond donors (Lipinski definition) is 2. The molecule has 7 fully saturated rings. The molecule has 5 saturated heterocycles. The fraction of sp³-hybridized carbons (Fsp3) is 0.846. The quantitative estimate of drug-likeness (QED) is 0.522. The third-order valence-corrected chi connectivity index (χ3v) is 11.0. The molecule has 8 rings (SSSR count). The van der Waals surface area contributed by atoms with E-state index in [-0.39, 0.29) is 47.7 Å². The molecule has 34 heavy (non-hydrogen) atoms. The van der Waals surface area contributed by atoms with Gasteiger partial charge in [-0.1, -0.05) is 26.0 Å². The predicted molar refractivity (Wildman–Crippen MR) is 123 cm³/mol. The SMILES string of the molecule is CC1(C)C=CC2C(CCC3C2N([O-])C2C(C)(C)[C@H]4CC56CCCN5C(=O)C4(C[C@]32O)NC6=O)O1. The number of carbonyl (C=O) groups excluding carboxylic acids is 2. The summed E-state index contributed by atoms with van der Waals surface area (Å²) in [7, 11) is 0. The topological polar surface area (TPSA) is 105 Å². The second-order valence-corrected chi connectivity index (χ2v) is 13.4. The highest BCUT2D eigenvalue weighted by Gasteiger charge is 2.79. The molecule has 2 saturated carbocycles. The van der Waals surface area contributed by atoms with Crippen molar-refractivity contribution >= 4 is 11.8 Å². The van der Waals surface area contributed by atoms with E-state index in [0.717, 1.165) is 12.8 Å². The molecule has 0 aromatic carbocycles. The van der Waals surface area contributed by atoms with Crippen LogP contribution in [-0.2, 0) is 14.3 Å². The van der Waals surface area contributed by atoms with Crippen LogP contribution in [-0.4, -0.2) is 73.9 Å². The van der Waals surface area contributed by atoms with E-state index < -0.39 is 34.2 Å². The van der Waals surface area contributed by atoms with Gasteiger partial charge in [0, 0.05) is 42.8 Å². The first-order valence-corrected chi connectivity index (χ1v) is 13.1. The predicted octanol–water partition coefficient (Wildman–Crippen LogP) is 1.71. The summed E-state index contributed by atoms with van der Waals surface area (Å²) in [6.45, 7) is 8.75. The van der Waals surface area contributed by atoms with E-state index in [9.17, 15) is 19.9 Å². The van der Waals surface area contributed by atoms with Gasteiger partial charge >= 0.3 is 0 Å². The minimum atomic E-state index is -1.35.